The lowest BCUT2D eigenvalue weighted by Crippen LogP contribution is -2.60. The highest BCUT2D eigenvalue weighted by atomic mass is 28.4. The first-order valence-electron chi connectivity index (χ1n) is 11.8. The van der Waals surface area contributed by atoms with Gasteiger partial charge in [0.1, 0.15) is 24.9 Å². The van der Waals surface area contributed by atoms with E-state index in [1.165, 1.54) is 0 Å². The van der Waals surface area contributed by atoms with Gasteiger partial charge in [-0.15, -0.1) is 0 Å². The minimum atomic E-state index is -2.15. The molecule has 3 unspecified atom stereocenters. The zero-order chi connectivity index (χ0) is 26.4. The number of benzene rings is 1. The Kier molecular flexibility index (Phi) is 10.3. The van der Waals surface area contributed by atoms with E-state index in [9.17, 15) is 15.0 Å². The summed E-state index contributed by atoms with van der Waals surface area (Å²) in [6.07, 6.45) is -5.54. The molecule has 7 atom stereocenters. The van der Waals surface area contributed by atoms with Gasteiger partial charge >= 0.3 is 5.97 Å². The molecule has 1 aromatic rings. The number of hydrogen-bond acceptors (Lipinski definition) is 8. The average Bonchev–Trinajstić information content (AvgIpc) is 2.80. The lowest BCUT2D eigenvalue weighted by Gasteiger charge is -2.44. The van der Waals surface area contributed by atoms with Crippen molar-refractivity contribution in [3.63, 3.8) is 0 Å². The van der Waals surface area contributed by atoms with Crippen molar-refractivity contribution in [3.8, 4) is 0 Å². The number of nitrogens with zero attached hydrogens (tertiary/aromatic N) is 3. The van der Waals surface area contributed by atoms with Crippen LogP contribution in [0.15, 0.2) is 35.4 Å². The van der Waals surface area contributed by atoms with Crippen LogP contribution >= 0.6 is 0 Å². The van der Waals surface area contributed by atoms with Crippen LogP contribution < -0.4 is 0 Å². The van der Waals surface area contributed by atoms with Crippen LogP contribution in [0.2, 0.25) is 18.1 Å². The Morgan fingerprint density at radius 1 is 1.20 bits per heavy atom. The van der Waals surface area contributed by atoms with E-state index >= 15 is 0 Å². The van der Waals surface area contributed by atoms with E-state index in [4.69, 9.17) is 24.2 Å². The number of azide groups is 1. The van der Waals surface area contributed by atoms with E-state index in [2.05, 4.69) is 43.9 Å². The van der Waals surface area contributed by atoms with Crippen molar-refractivity contribution < 1.29 is 33.6 Å². The molecule has 1 aliphatic heterocycles. The van der Waals surface area contributed by atoms with Gasteiger partial charge in [-0.1, -0.05) is 56.2 Å². The quantitative estimate of drug-likeness (QED) is 0.160. The second kappa shape index (κ2) is 12.3. The smallest absolute Gasteiger partial charge is 0.311 e. The van der Waals surface area contributed by atoms with Crippen LogP contribution in [0.25, 0.3) is 10.4 Å². The van der Waals surface area contributed by atoms with Gasteiger partial charge in [0.25, 0.3) is 0 Å². The number of aliphatic hydroxyl groups excluding tert-OH is 2. The average molecular weight is 510 g/mol. The fraction of sp³-hybridized carbons (Fsp3) is 0.708. The number of aliphatic hydroxyl groups is 2. The minimum Gasteiger partial charge on any atom is -0.461 e. The molecule has 11 heteroatoms. The van der Waals surface area contributed by atoms with Crippen LogP contribution in [-0.2, 0) is 30.0 Å². The summed E-state index contributed by atoms with van der Waals surface area (Å²) in [5.41, 5.74) is 9.84. The van der Waals surface area contributed by atoms with Crippen LogP contribution in [0.3, 0.4) is 0 Å². The predicted molar refractivity (Wildman–Crippen MR) is 133 cm³/mol. The fourth-order valence-corrected chi connectivity index (χ4v) is 4.25. The maximum absolute atomic E-state index is 12.6. The Bertz CT molecular complexity index is 874. The molecule has 35 heavy (non-hydrogen) atoms. The number of carbonyl (C=O) groups is 1. The van der Waals surface area contributed by atoms with Gasteiger partial charge in [-0.2, -0.15) is 0 Å². The summed E-state index contributed by atoms with van der Waals surface area (Å²) in [7, 11) is -2.15. The number of rotatable bonds is 10. The van der Waals surface area contributed by atoms with Crippen molar-refractivity contribution >= 4 is 14.3 Å². The monoisotopic (exact) mass is 509 g/mol. The van der Waals surface area contributed by atoms with Crippen LogP contribution in [0.5, 0.6) is 0 Å². The first-order chi connectivity index (χ1) is 16.3. The molecule has 0 radical (unpaired) electrons. The van der Waals surface area contributed by atoms with Crippen molar-refractivity contribution in [2.24, 2.45) is 11.0 Å². The zero-order valence-electron chi connectivity index (χ0n) is 21.6. The molecule has 0 saturated carbocycles. The van der Waals surface area contributed by atoms with Gasteiger partial charge in [0.15, 0.2) is 14.6 Å². The zero-order valence-corrected chi connectivity index (χ0v) is 22.6. The number of ether oxygens (including phenoxy) is 3. The summed E-state index contributed by atoms with van der Waals surface area (Å²) in [4.78, 5) is 15.3. The second-order valence-electron chi connectivity index (χ2n) is 10.5. The van der Waals surface area contributed by atoms with Crippen LogP contribution in [0.1, 0.15) is 40.2 Å². The van der Waals surface area contributed by atoms with Crippen molar-refractivity contribution in [1.29, 1.82) is 0 Å². The SMILES string of the molecule is C[C@H](C(=O)OCc1ccccc1)[C@@H](C)O[C@H]1OC(CO[Si](C)(C)C(C)(C)C)C(O)[C@H](O)C1N=[N+]=[N-]. The Labute approximate surface area is 208 Å². The Hall–Kier alpha value is -1.98. The van der Waals surface area contributed by atoms with Crippen LogP contribution in [0, 0.1) is 5.92 Å². The number of hydrogen-bond donors (Lipinski definition) is 2. The summed E-state index contributed by atoms with van der Waals surface area (Å²) < 4.78 is 23.4. The van der Waals surface area contributed by atoms with E-state index < -0.39 is 57.0 Å². The van der Waals surface area contributed by atoms with E-state index in [0.29, 0.717) is 0 Å². The summed E-state index contributed by atoms with van der Waals surface area (Å²) >= 11 is 0. The predicted octanol–water partition coefficient (Wildman–Crippen LogP) is 3.92. The van der Waals surface area contributed by atoms with Crippen molar-refractivity contribution in [3.05, 3.63) is 46.3 Å². The maximum atomic E-state index is 12.6. The highest BCUT2D eigenvalue weighted by Gasteiger charge is 2.47. The Morgan fingerprint density at radius 2 is 1.83 bits per heavy atom. The summed E-state index contributed by atoms with van der Waals surface area (Å²) in [5.74, 6) is -1.13. The normalized spacial score (nSPS) is 26.9. The molecule has 1 fully saturated rings. The van der Waals surface area contributed by atoms with Crippen LogP contribution in [-0.4, -0.2) is 67.9 Å². The molecule has 1 saturated heterocycles. The molecule has 0 aliphatic carbocycles. The third-order valence-electron chi connectivity index (χ3n) is 6.92. The lowest BCUT2D eigenvalue weighted by molar-refractivity contribution is -0.278. The standard InChI is InChI=1S/C24H39N3O7Si/c1-15(22(30)31-13-17-11-9-8-10-12-17)16(2)33-23-19(26-27-25)21(29)20(28)18(34-23)14-32-35(6,7)24(3,4)5/h8-12,15-16,18-21,23,28-29H,13-14H2,1-7H3/t15-,16+,18?,19?,20?,21+,23-/m0/s1. The summed E-state index contributed by atoms with van der Waals surface area (Å²) in [6.45, 7) is 13.9. The molecular weight excluding hydrogens is 470 g/mol. The molecule has 1 aromatic carbocycles. The molecule has 1 heterocycles. The summed E-state index contributed by atoms with van der Waals surface area (Å²) in [6, 6.07) is 8.12. The number of carbonyl (C=O) groups excluding carboxylic acids is 1. The molecular formula is C24H39N3O7Si. The maximum Gasteiger partial charge on any atom is 0.311 e. The molecule has 10 nitrogen and oxygen atoms in total. The molecule has 2 rings (SSSR count). The van der Waals surface area contributed by atoms with Gasteiger partial charge in [-0.3, -0.25) is 4.79 Å². The van der Waals surface area contributed by atoms with Crippen molar-refractivity contribution in [2.45, 2.75) is 96.1 Å². The Morgan fingerprint density at radius 3 is 2.40 bits per heavy atom. The number of esters is 1. The summed E-state index contributed by atoms with van der Waals surface area (Å²) in [5, 5.41) is 24.8. The van der Waals surface area contributed by atoms with E-state index in [1.54, 1.807) is 13.8 Å². The minimum absolute atomic E-state index is 0.0423. The molecule has 0 spiro atoms. The van der Waals surface area contributed by atoms with Gasteiger partial charge in [0, 0.05) is 4.91 Å². The molecule has 0 bridgehead atoms. The van der Waals surface area contributed by atoms with Crippen LogP contribution in [0.4, 0.5) is 0 Å². The molecule has 0 aromatic heterocycles. The van der Waals surface area contributed by atoms with Gasteiger partial charge in [0.2, 0.25) is 0 Å². The molecule has 0 amide bonds. The van der Waals surface area contributed by atoms with Gasteiger partial charge in [-0.05, 0) is 43.1 Å². The van der Waals surface area contributed by atoms with Gasteiger partial charge in [0.05, 0.1) is 24.7 Å². The first-order valence-corrected chi connectivity index (χ1v) is 14.7. The highest BCUT2D eigenvalue weighted by molar-refractivity contribution is 6.74. The third-order valence-corrected chi connectivity index (χ3v) is 11.4. The first kappa shape index (κ1) is 29.2. The van der Waals surface area contributed by atoms with E-state index in [1.807, 2.05) is 30.3 Å². The van der Waals surface area contributed by atoms with E-state index in [-0.39, 0.29) is 18.3 Å². The molecule has 1 aliphatic rings. The fourth-order valence-electron chi connectivity index (χ4n) is 3.24. The van der Waals surface area contributed by atoms with Crippen molar-refractivity contribution in [2.75, 3.05) is 6.61 Å². The third kappa shape index (κ3) is 7.75. The highest BCUT2D eigenvalue weighted by Crippen LogP contribution is 2.37. The molecule has 2 N–H and O–H groups in total. The van der Waals surface area contributed by atoms with Gasteiger partial charge in [-0.25, -0.2) is 0 Å². The van der Waals surface area contributed by atoms with Crippen molar-refractivity contribution in [1.82, 2.24) is 0 Å². The van der Waals surface area contributed by atoms with E-state index in [0.717, 1.165) is 5.56 Å². The Balaban J connectivity index is 2.06. The largest absolute Gasteiger partial charge is 0.461 e. The van der Waals surface area contributed by atoms with Gasteiger partial charge < -0.3 is 28.8 Å². The lowest BCUT2D eigenvalue weighted by atomic mass is 9.97. The second-order valence-corrected chi connectivity index (χ2v) is 15.3. The topological polar surface area (TPSA) is 143 Å². The molecule has 196 valence electrons.